The molecule has 0 radical (unpaired) electrons. The Kier molecular flexibility index (Phi) is 7.40. The number of benzene rings is 2. The monoisotopic (exact) mass is 578 g/mol. The van der Waals surface area contributed by atoms with Crippen molar-refractivity contribution in [2.45, 2.75) is 40.4 Å². The van der Waals surface area contributed by atoms with Gasteiger partial charge < -0.3 is 14.8 Å². The maximum Gasteiger partial charge on any atom is 0.433 e. The largest absolute Gasteiger partial charge is 0.493 e. The van der Waals surface area contributed by atoms with Gasteiger partial charge >= 0.3 is 6.18 Å². The highest BCUT2D eigenvalue weighted by Gasteiger charge is 2.36. The number of carbonyl (C=O) groups is 1. The second-order valence-corrected chi connectivity index (χ2v) is 9.97. The van der Waals surface area contributed by atoms with Gasteiger partial charge in [-0.25, -0.2) is 9.50 Å². The van der Waals surface area contributed by atoms with E-state index in [1.165, 1.54) is 6.07 Å². The minimum atomic E-state index is -4.73. The van der Waals surface area contributed by atoms with E-state index < -0.39 is 17.8 Å². The van der Waals surface area contributed by atoms with E-state index in [4.69, 9.17) is 9.47 Å². The molecule has 12 heteroatoms. The molecule has 0 atom stereocenters. The summed E-state index contributed by atoms with van der Waals surface area (Å²) in [5, 5.41) is 11.3. The average Bonchev–Trinajstić information content (AvgIpc) is 3.49. The summed E-state index contributed by atoms with van der Waals surface area (Å²) < 4.78 is 55.3. The SMILES string of the molecule is COc1ccc(Cn2nc(C)c(NC(=O)c3cc4nc(-c5ccc(C)c(C)c5)cc(C(F)(F)F)n4n3)c2C)cc1OC. The van der Waals surface area contributed by atoms with Gasteiger partial charge in [-0.05, 0) is 68.7 Å². The van der Waals surface area contributed by atoms with Gasteiger partial charge in [0, 0.05) is 11.6 Å². The quantitative estimate of drug-likeness (QED) is 0.249. The molecule has 0 unspecified atom stereocenters. The fourth-order valence-electron chi connectivity index (χ4n) is 4.70. The molecular formula is C30H29F3N6O3. The van der Waals surface area contributed by atoms with Gasteiger partial charge in [0.25, 0.3) is 5.91 Å². The predicted octanol–water partition coefficient (Wildman–Crippen LogP) is 6.16. The number of alkyl halides is 3. The van der Waals surface area contributed by atoms with E-state index in [9.17, 15) is 18.0 Å². The topological polar surface area (TPSA) is 95.6 Å². The van der Waals surface area contributed by atoms with Crippen LogP contribution in [0.3, 0.4) is 0 Å². The van der Waals surface area contributed by atoms with Crippen LogP contribution in [0.5, 0.6) is 11.5 Å². The molecule has 3 aromatic heterocycles. The van der Waals surface area contributed by atoms with E-state index >= 15 is 0 Å². The van der Waals surface area contributed by atoms with Crippen LogP contribution in [0.4, 0.5) is 18.9 Å². The summed E-state index contributed by atoms with van der Waals surface area (Å²) in [6, 6.07) is 13.0. The van der Waals surface area contributed by atoms with Crippen molar-refractivity contribution in [1.29, 1.82) is 0 Å². The molecular weight excluding hydrogens is 549 g/mol. The Morgan fingerprint density at radius 1 is 0.905 bits per heavy atom. The molecule has 42 heavy (non-hydrogen) atoms. The molecule has 3 heterocycles. The maximum absolute atomic E-state index is 14.1. The summed E-state index contributed by atoms with van der Waals surface area (Å²) >= 11 is 0. The number of ether oxygens (including phenoxy) is 2. The third-order valence-corrected chi connectivity index (χ3v) is 7.15. The van der Waals surface area contributed by atoms with Crippen LogP contribution in [-0.2, 0) is 12.7 Å². The van der Waals surface area contributed by atoms with E-state index in [1.54, 1.807) is 50.9 Å². The third-order valence-electron chi connectivity index (χ3n) is 7.15. The van der Waals surface area contributed by atoms with Crippen molar-refractivity contribution >= 4 is 17.2 Å². The van der Waals surface area contributed by atoms with Crippen molar-refractivity contribution < 1.29 is 27.4 Å². The first-order valence-corrected chi connectivity index (χ1v) is 13.0. The number of anilines is 1. The standard InChI is InChI=1S/C30H29F3N6O3/c1-16-7-9-21(11-17(16)2)22-13-26(30(31,32)33)39-27(34-22)14-23(37-39)29(40)35-28-18(3)36-38(19(28)4)15-20-8-10-24(41-5)25(12-20)42-6/h7-14H,15H2,1-6H3,(H,35,40). The first-order chi connectivity index (χ1) is 19.9. The number of aryl methyl sites for hydroxylation is 3. The van der Waals surface area contributed by atoms with Crippen molar-refractivity contribution in [3.8, 4) is 22.8 Å². The number of aromatic nitrogens is 5. The molecule has 0 spiro atoms. The van der Waals surface area contributed by atoms with Crippen LogP contribution in [0.2, 0.25) is 0 Å². The predicted molar refractivity (Wildman–Crippen MR) is 151 cm³/mol. The lowest BCUT2D eigenvalue weighted by Crippen LogP contribution is -2.16. The molecule has 1 N–H and O–H groups in total. The lowest BCUT2D eigenvalue weighted by Gasteiger charge is -2.11. The van der Waals surface area contributed by atoms with Gasteiger partial charge in [0.2, 0.25) is 0 Å². The van der Waals surface area contributed by atoms with Gasteiger partial charge in [0.1, 0.15) is 0 Å². The lowest BCUT2D eigenvalue weighted by molar-refractivity contribution is -0.142. The first kappa shape index (κ1) is 28.7. The van der Waals surface area contributed by atoms with Gasteiger partial charge in [0.05, 0.1) is 43.5 Å². The molecule has 5 rings (SSSR count). The number of rotatable bonds is 7. The second-order valence-electron chi connectivity index (χ2n) is 9.97. The van der Waals surface area contributed by atoms with E-state index in [0.29, 0.717) is 45.2 Å². The van der Waals surface area contributed by atoms with Gasteiger partial charge in [0.15, 0.2) is 28.5 Å². The van der Waals surface area contributed by atoms with E-state index in [0.717, 1.165) is 22.8 Å². The van der Waals surface area contributed by atoms with Crippen molar-refractivity contribution in [3.05, 3.63) is 88.0 Å². The van der Waals surface area contributed by atoms with Crippen LogP contribution in [0, 0.1) is 27.7 Å². The fraction of sp³-hybridized carbons (Fsp3) is 0.267. The second kappa shape index (κ2) is 10.8. The molecule has 0 bridgehead atoms. The zero-order valence-corrected chi connectivity index (χ0v) is 23.9. The number of carbonyl (C=O) groups excluding carboxylic acids is 1. The summed E-state index contributed by atoms with van der Waals surface area (Å²) in [5.74, 6) is 0.488. The van der Waals surface area contributed by atoms with Crippen LogP contribution in [0.15, 0.2) is 48.5 Å². The van der Waals surface area contributed by atoms with Gasteiger partial charge in [-0.3, -0.25) is 9.48 Å². The summed E-state index contributed by atoms with van der Waals surface area (Å²) in [4.78, 5) is 17.6. The highest BCUT2D eigenvalue weighted by Crippen LogP contribution is 2.33. The summed E-state index contributed by atoms with van der Waals surface area (Å²) in [5.41, 5.74) is 3.79. The smallest absolute Gasteiger partial charge is 0.433 e. The Morgan fingerprint density at radius 3 is 2.31 bits per heavy atom. The normalized spacial score (nSPS) is 11.6. The molecule has 0 aliphatic carbocycles. The van der Waals surface area contributed by atoms with Crippen LogP contribution in [0.1, 0.15) is 44.3 Å². The molecule has 1 amide bonds. The Bertz CT molecular complexity index is 1820. The molecule has 5 aromatic rings. The van der Waals surface area contributed by atoms with Crippen molar-refractivity contribution in [1.82, 2.24) is 24.4 Å². The summed E-state index contributed by atoms with van der Waals surface area (Å²) in [7, 11) is 3.11. The molecule has 9 nitrogen and oxygen atoms in total. The minimum Gasteiger partial charge on any atom is -0.493 e. The molecule has 0 aliphatic heterocycles. The number of nitrogens with one attached hydrogen (secondary N) is 1. The number of nitrogens with zero attached hydrogens (tertiary/aromatic N) is 5. The first-order valence-electron chi connectivity index (χ1n) is 13.0. The van der Waals surface area contributed by atoms with Crippen LogP contribution >= 0.6 is 0 Å². The van der Waals surface area contributed by atoms with Crippen molar-refractivity contribution in [2.75, 3.05) is 19.5 Å². The van der Waals surface area contributed by atoms with Crippen molar-refractivity contribution in [3.63, 3.8) is 0 Å². The van der Waals surface area contributed by atoms with E-state index in [-0.39, 0.29) is 17.0 Å². The fourth-order valence-corrected chi connectivity index (χ4v) is 4.70. The Balaban J connectivity index is 1.46. The third kappa shape index (κ3) is 5.39. The number of amides is 1. The van der Waals surface area contributed by atoms with E-state index in [2.05, 4.69) is 20.5 Å². The Morgan fingerprint density at radius 2 is 1.64 bits per heavy atom. The molecule has 0 saturated carbocycles. The van der Waals surface area contributed by atoms with Crippen LogP contribution in [-0.4, -0.2) is 44.5 Å². The molecule has 0 saturated heterocycles. The highest BCUT2D eigenvalue weighted by molar-refractivity contribution is 6.04. The summed E-state index contributed by atoms with van der Waals surface area (Å²) in [6.07, 6.45) is -4.73. The number of halogens is 3. The molecule has 2 aromatic carbocycles. The lowest BCUT2D eigenvalue weighted by atomic mass is 10.0. The van der Waals surface area contributed by atoms with Gasteiger partial charge in [-0.2, -0.15) is 23.4 Å². The summed E-state index contributed by atoms with van der Waals surface area (Å²) in [6.45, 7) is 7.71. The van der Waals surface area contributed by atoms with Crippen LogP contribution < -0.4 is 14.8 Å². The van der Waals surface area contributed by atoms with Gasteiger partial charge in [-0.15, -0.1) is 0 Å². The number of fused-ring (bicyclic) bond motifs is 1. The zero-order valence-electron chi connectivity index (χ0n) is 23.9. The van der Waals surface area contributed by atoms with Crippen LogP contribution in [0.25, 0.3) is 16.9 Å². The van der Waals surface area contributed by atoms with Crippen molar-refractivity contribution in [2.24, 2.45) is 0 Å². The highest BCUT2D eigenvalue weighted by atomic mass is 19.4. The van der Waals surface area contributed by atoms with Gasteiger partial charge in [-0.1, -0.05) is 18.2 Å². The maximum atomic E-state index is 14.1. The zero-order chi connectivity index (χ0) is 30.3. The number of hydrogen-bond acceptors (Lipinski definition) is 6. The number of methoxy groups -OCH3 is 2. The average molecular weight is 579 g/mol. The van der Waals surface area contributed by atoms with E-state index in [1.807, 2.05) is 32.0 Å². The number of hydrogen-bond donors (Lipinski definition) is 1. The Hall–Kier alpha value is -4.87. The Labute approximate surface area is 239 Å². The molecule has 218 valence electrons. The molecule has 0 fully saturated rings. The molecule has 0 aliphatic rings. The minimum absolute atomic E-state index is 0.0965.